The average Bonchev–Trinajstić information content (AvgIpc) is 3.20. The summed E-state index contributed by atoms with van der Waals surface area (Å²) in [5.41, 5.74) is 1.27. The van der Waals surface area contributed by atoms with Crippen LogP contribution in [0.3, 0.4) is 0 Å². The van der Waals surface area contributed by atoms with E-state index < -0.39 is 0 Å². The van der Waals surface area contributed by atoms with Gasteiger partial charge in [0.15, 0.2) is 0 Å². The van der Waals surface area contributed by atoms with E-state index in [1.54, 1.807) is 0 Å². The van der Waals surface area contributed by atoms with E-state index in [2.05, 4.69) is 41.1 Å². The number of aromatic nitrogens is 1. The predicted molar refractivity (Wildman–Crippen MR) is 85.4 cm³/mol. The Morgan fingerprint density at radius 3 is 2.64 bits per heavy atom. The third-order valence-corrected chi connectivity index (χ3v) is 4.09. The molecule has 1 aliphatic rings. The fourth-order valence-corrected chi connectivity index (χ4v) is 2.93. The summed E-state index contributed by atoms with van der Waals surface area (Å²) in [5, 5.41) is 0. The second kappa shape index (κ2) is 7.56. The van der Waals surface area contributed by atoms with Crippen molar-refractivity contribution in [1.29, 1.82) is 0 Å². The standard InChI is InChI=1S/C18H24N2O2/c1-2-16-5-6-18(22-16)14-20(13-17-4-3-11-21-17)12-15-7-9-19-10-8-15/h5-10,17H,2-4,11-14H2,1H3. The lowest BCUT2D eigenvalue weighted by atomic mass is 10.2. The van der Waals surface area contributed by atoms with E-state index in [0.717, 1.165) is 50.6 Å². The molecule has 22 heavy (non-hydrogen) atoms. The van der Waals surface area contributed by atoms with Crippen LogP contribution in [0.4, 0.5) is 0 Å². The van der Waals surface area contributed by atoms with Gasteiger partial charge in [0.2, 0.25) is 0 Å². The Morgan fingerprint density at radius 1 is 1.14 bits per heavy atom. The summed E-state index contributed by atoms with van der Waals surface area (Å²) in [6, 6.07) is 8.31. The minimum atomic E-state index is 0.349. The number of rotatable bonds is 7. The smallest absolute Gasteiger partial charge is 0.118 e. The van der Waals surface area contributed by atoms with E-state index in [-0.39, 0.29) is 0 Å². The number of hydrogen-bond donors (Lipinski definition) is 0. The maximum atomic E-state index is 5.87. The zero-order chi connectivity index (χ0) is 15.2. The van der Waals surface area contributed by atoms with Crippen molar-refractivity contribution in [1.82, 2.24) is 9.88 Å². The second-order valence-electron chi connectivity index (χ2n) is 5.88. The lowest BCUT2D eigenvalue weighted by Crippen LogP contribution is -2.31. The van der Waals surface area contributed by atoms with E-state index in [9.17, 15) is 0 Å². The molecule has 4 nitrogen and oxygen atoms in total. The zero-order valence-electron chi connectivity index (χ0n) is 13.2. The third-order valence-electron chi connectivity index (χ3n) is 4.09. The summed E-state index contributed by atoms with van der Waals surface area (Å²) in [6.45, 7) is 5.68. The molecule has 1 unspecified atom stereocenters. The normalized spacial score (nSPS) is 18.2. The number of furan rings is 1. The van der Waals surface area contributed by atoms with Crippen LogP contribution in [-0.2, 0) is 24.2 Å². The fraction of sp³-hybridized carbons (Fsp3) is 0.500. The summed E-state index contributed by atoms with van der Waals surface area (Å²) in [5.74, 6) is 2.08. The summed E-state index contributed by atoms with van der Waals surface area (Å²) in [4.78, 5) is 6.50. The van der Waals surface area contributed by atoms with Crippen molar-refractivity contribution in [3.63, 3.8) is 0 Å². The van der Waals surface area contributed by atoms with E-state index >= 15 is 0 Å². The Kier molecular flexibility index (Phi) is 5.24. The monoisotopic (exact) mass is 300 g/mol. The molecule has 1 aliphatic heterocycles. The molecular weight excluding hydrogens is 276 g/mol. The van der Waals surface area contributed by atoms with Gasteiger partial charge < -0.3 is 9.15 Å². The van der Waals surface area contributed by atoms with Crippen LogP contribution in [0, 0.1) is 0 Å². The Morgan fingerprint density at radius 2 is 1.95 bits per heavy atom. The molecule has 0 N–H and O–H groups in total. The van der Waals surface area contributed by atoms with Gasteiger partial charge in [0.1, 0.15) is 11.5 Å². The highest BCUT2D eigenvalue weighted by molar-refractivity contribution is 5.11. The van der Waals surface area contributed by atoms with E-state index in [0.29, 0.717) is 6.10 Å². The Bertz CT molecular complexity index is 561. The maximum absolute atomic E-state index is 5.87. The highest BCUT2D eigenvalue weighted by Gasteiger charge is 2.20. The van der Waals surface area contributed by atoms with E-state index in [1.165, 1.54) is 12.0 Å². The van der Waals surface area contributed by atoms with Crippen molar-refractivity contribution in [3.8, 4) is 0 Å². The summed E-state index contributed by atoms with van der Waals surface area (Å²) in [7, 11) is 0. The molecule has 1 fully saturated rings. The average molecular weight is 300 g/mol. The van der Waals surface area contributed by atoms with Gasteiger partial charge in [-0.3, -0.25) is 9.88 Å². The largest absolute Gasteiger partial charge is 0.465 e. The van der Waals surface area contributed by atoms with Gasteiger partial charge in [0.25, 0.3) is 0 Å². The first-order chi connectivity index (χ1) is 10.8. The van der Waals surface area contributed by atoms with Gasteiger partial charge in [-0.15, -0.1) is 0 Å². The summed E-state index contributed by atoms with van der Waals surface area (Å²) >= 11 is 0. The van der Waals surface area contributed by atoms with Gasteiger partial charge in [-0.1, -0.05) is 6.92 Å². The van der Waals surface area contributed by atoms with Gasteiger partial charge in [-0.25, -0.2) is 0 Å². The van der Waals surface area contributed by atoms with Crippen LogP contribution in [0.2, 0.25) is 0 Å². The zero-order valence-corrected chi connectivity index (χ0v) is 13.2. The molecule has 4 heteroatoms. The first-order valence-electron chi connectivity index (χ1n) is 8.14. The van der Waals surface area contributed by atoms with E-state index in [4.69, 9.17) is 9.15 Å². The van der Waals surface area contributed by atoms with Crippen molar-refractivity contribution in [2.24, 2.45) is 0 Å². The van der Waals surface area contributed by atoms with Crippen molar-refractivity contribution < 1.29 is 9.15 Å². The van der Waals surface area contributed by atoms with Crippen LogP contribution >= 0.6 is 0 Å². The molecule has 118 valence electrons. The van der Waals surface area contributed by atoms with Crippen LogP contribution < -0.4 is 0 Å². The maximum Gasteiger partial charge on any atom is 0.118 e. The fourth-order valence-electron chi connectivity index (χ4n) is 2.93. The summed E-state index contributed by atoms with van der Waals surface area (Å²) in [6.07, 6.45) is 7.32. The molecule has 0 aliphatic carbocycles. The van der Waals surface area contributed by atoms with Gasteiger partial charge >= 0.3 is 0 Å². The molecule has 0 bridgehead atoms. The number of aryl methyl sites for hydroxylation is 1. The quantitative estimate of drug-likeness (QED) is 0.785. The number of nitrogens with zero attached hydrogens (tertiary/aromatic N) is 2. The lowest BCUT2D eigenvalue weighted by Gasteiger charge is -2.24. The van der Waals surface area contributed by atoms with Crippen LogP contribution in [0.1, 0.15) is 36.8 Å². The highest BCUT2D eigenvalue weighted by atomic mass is 16.5. The first kappa shape index (κ1) is 15.3. The minimum absolute atomic E-state index is 0.349. The van der Waals surface area contributed by atoms with Crippen LogP contribution in [0.25, 0.3) is 0 Å². The van der Waals surface area contributed by atoms with Crippen molar-refractivity contribution >= 4 is 0 Å². The molecule has 3 heterocycles. The molecule has 3 rings (SSSR count). The number of ether oxygens (including phenoxy) is 1. The highest BCUT2D eigenvalue weighted by Crippen LogP contribution is 2.18. The van der Waals surface area contributed by atoms with Crippen molar-refractivity contribution in [2.75, 3.05) is 13.2 Å². The Labute approximate surface area is 132 Å². The third kappa shape index (κ3) is 4.18. The summed E-state index contributed by atoms with van der Waals surface area (Å²) < 4.78 is 11.7. The van der Waals surface area contributed by atoms with Crippen LogP contribution in [0.15, 0.2) is 41.1 Å². The SMILES string of the molecule is CCc1ccc(CN(Cc2ccncc2)CC2CCCO2)o1. The topological polar surface area (TPSA) is 38.5 Å². The molecule has 0 radical (unpaired) electrons. The molecule has 0 spiro atoms. The Hall–Kier alpha value is -1.65. The van der Waals surface area contributed by atoms with Gasteiger partial charge in [-0.05, 0) is 42.7 Å². The Balaban J connectivity index is 1.67. The number of pyridine rings is 1. The lowest BCUT2D eigenvalue weighted by molar-refractivity contribution is 0.0653. The molecular formula is C18H24N2O2. The second-order valence-corrected chi connectivity index (χ2v) is 5.88. The van der Waals surface area contributed by atoms with Crippen molar-refractivity contribution in [3.05, 3.63) is 53.7 Å². The molecule has 0 amide bonds. The van der Waals surface area contributed by atoms with Crippen molar-refractivity contribution in [2.45, 2.75) is 45.4 Å². The predicted octanol–water partition coefficient (Wildman–Crippen LogP) is 3.42. The van der Waals surface area contributed by atoms with Gasteiger partial charge in [0.05, 0.1) is 12.6 Å². The molecule has 1 saturated heterocycles. The molecule has 0 aromatic carbocycles. The van der Waals surface area contributed by atoms with Crippen LogP contribution in [0.5, 0.6) is 0 Å². The van der Waals surface area contributed by atoms with Gasteiger partial charge in [0, 0.05) is 38.5 Å². The molecule has 0 saturated carbocycles. The molecule has 2 aromatic heterocycles. The first-order valence-corrected chi connectivity index (χ1v) is 8.14. The molecule has 2 aromatic rings. The van der Waals surface area contributed by atoms with Gasteiger partial charge in [-0.2, -0.15) is 0 Å². The minimum Gasteiger partial charge on any atom is -0.465 e. The van der Waals surface area contributed by atoms with E-state index in [1.807, 2.05) is 12.4 Å². The van der Waals surface area contributed by atoms with Crippen LogP contribution in [-0.4, -0.2) is 29.1 Å². The molecule has 1 atom stereocenters. The number of hydrogen-bond acceptors (Lipinski definition) is 4.